The summed E-state index contributed by atoms with van der Waals surface area (Å²) in [7, 11) is 0. The summed E-state index contributed by atoms with van der Waals surface area (Å²) in [5.74, 6) is 0.132. The van der Waals surface area contributed by atoms with Crippen molar-refractivity contribution in [3.63, 3.8) is 0 Å². The summed E-state index contributed by atoms with van der Waals surface area (Å²) in [4.78, 5) is 0. The molecule has 0 aliphatic rings. The zero-order chi connectivity index (χ0) is 7.72. The number of benzene rings is 1. The molecular weight excluding hydrogens is 358 g/mol. The van der Waals surface area contributed by atoms with Crippen LogP contribution in [-0.4, -0.2) is 5.11 Å². The number of phenolic OH excluding ortho intramolecular Hbond substituents is 1. The maximum Gasteiger partial charge on any atom is 0.117 e. The second-order valence-electron chi connectivity index (χ2n) is 1.74. The lowest BCUT2D eigenvalue weighted by Gasteiger charge is -2.10. The molecule has 0 saturated heterocycles. The zero-order valence-electron chi connectivity index (χ0n) is 4.77. The molecule has 4 heteroatoms. The summed E-state index contributed by atoms with van der Waals surface area (Å²) in [6.45, 7) is 0. The van der Waals surface area contributed by atoms with E-state index in [2.05, 4.69) is 0 Å². The SMILES string of the molecule is [O-]c1c(I)cc(O)cc1I. The van der Waals surface area contributed by atoms with Crippen LogP contribution >= 0.6 is 45.2 Å². The minimum Gasteiger partial charge on any atom is -0.871 e. The molecule has 0 spiro atoms. The van der Waals surface area contributed by atoms with Crippen molar-refractivity contribution in [3.8, 4) is 11.5 Å². The lowest BCUT2D eigenvalue weighted by molar-refractivity contribution is -0.271. The fourth-order valence-electron chi connectivity index (χ4n) is 0.547. The Balaban J connectivity index is 3.31. The largest absolute Gasteiger partial charge is 0.871 e. The monoisotopic (exact) mass is 361 g/mol. The predicted molar refractivity (Wildman–Crippen MR) is 53.0 cm³/mol. The number of hydrogen-bond donors (Lipinski definition) is 1. The highest BCUT2D eigenvalue weighted by atomic mass is 127. The molecule has 0 atom stereocenters. The molecule has 1 N–H and O–H groups in total. The van der Waals surface area contributed by atoms with E-state index in [0.717, 1.165) is 0 Å². The zero-order valence-corrected chi connectivity index (χ0v) is 9.08. The fraction of sp³-hybridized carbons (Fsp3) is 0. The van der Waals surface area contributed by atoms with E-state index in [9.17, 15) is 5.11 Å². The molecule has 10 heavy (non-hydrogen) atoms. The van der Waals surface area contributed by atoms with Gasteiger partial charge in [0, 0.05) is 7.14 Å². The lowest BCUT2D eigenvalue weighted by atomic mass is 10.3. The van der Waals surface area contributed by atoms with Crippen molar-refractivity contribution < 1.29 is 10.2 Å². The molecule has 1 rings (SSSR count). The summed E-state index contributed by atoms with van der Waals surface area (Å²) in [6.07, 6.45) is 0. The molecule has 0 fully saturated rings. The van der Waals surface area contributed by atoms with E-state index in [1.807, 2.05) is 45.2 Å². The summed E-state index contributed by atoms with van der Waals surface area (Å²) < 4.78 is 1.11. The molecule has 0 aliphatic carbocycles. The van der Waals surface area contributed by atoms with Crippen molar-refractivity contribution >= 4 is 45.2 Å². The Morgan fingerprint density at radius 2 is 1.60 bits per heavy atom. The Hall–Kier alpha value is 0.280. The van der Waals surface area contributed by atoms with Gasteiger partial charge in [-0.25, -0.2) is 0 Å². The molecule has 54 valence electrons. The molecule has 0 unspecified atom stereocenters. The van der Waals surface area contributed by atoms with Crippen molar-refractivity contribution in [2.24, 2.45) is 0 Å². The highest BCUT2D eigenvalue weighted by Crippen LogP contribution is 2.27. The van der Waals surface area contributed by atoms with Gasteiger partial charge in [-0.05, 0) is 57.3 Å². The van der Waals surface area contributed by atoms with E-state index in [1.54, 1.807) is 0 Å². The molecule has 0 heterocycles. The van der Waals surface area contributed by atoms with Gasteiger partial charge in [0.2, 0.25) is 0 Å². The van der Waals surface area contributed by atoms with Crippen molar-refractivity contribution in [3.05, 3.63) is 19.3 Å². The van der Waals surface area contributed by atoms with Crippen molar-refractivity contribution in [1.29, 1.82) is 0 Å². The average molecular weight is 361 g/mol. The second-order valence-corrected chi connectivity index (χ2v) is 4.06. The second kappa shape index (κ2) is 3.12. The van der Waals surface area contributed by atoms with Crippen molar-refractivity contribution in [2.75, 3.05) is 0 Å². The molecule has 1 aromatic rings. The first kappa shape index (κ1) is 8.38. The molecule has 0 aromatic heterocycles. The Kier molecular flexibility index (Phi) is 2.61. The summed E-state index contributed by atoms with van der Waals surface area (Å²) >= 11 is 3.80. The van der Waals surface area contributed by atoms with Crippen molar-refractivity contribution in [1.82, 2.24) is 0 Å². The van der Waals surface area contributed by atoms with E-state index in [0.29, 0.717) is 7.14 Å². The number of phenols is 1. The van der Waals surface area contributed by atoms with E-state index in [4.69, 9.17) is 5.11 Å². The first-order chi connectivity index (χ1) is 4.61. The van der Waals surface area contributed by atoms with Crippen LogP contribution < -0.4 is 5.11 Å². The van der Waals surface area contributed by atoms with Crippen LogP contribution in [0, 0.1) is 7.14 Å². The molecule has 0 radical (unpaired) electrons. The van der Waals surface area contributed by atoms with Gasteiger partial charge in [-0.1, -0.05) is 5.75 Å². The minimum atomic E-state index is -0.0148. The van der Waals surface area contributed by atoms with Crippen LogP contribution in [0.3, 0.4) is 0 Å². The normalized spacial score (nSPS) is 9.80. The number of rotatable bonds is 0. The minimum absolute atomic E-state index is 0.0148. The number of aromatic hydroxyl groups is 1. The molecule has 0 aliphatic heterocycles. The Morgan fingerprint density at radius 3 is 2.00 bits per heavy atom. The van der Waals surface area contributed by atoms with Gasteiger partial charge < -0.3 is 10.2 Å². The first-order valence-corrected chi connectivity index (χ1v) is 4.62. The van der Waals surface area contributed by atoms with Crippen LogP contribution in [0.1, 0.15) is 0 Å². The third-order valence-corrected chi connectivity index (χ3v) is 2.59. The Labute approximate surface area is 85.5 Å². The van der Waals surface area contributed by atoms with Crippen molar-refractivity contribution in [2.45, 2.75) is 0 Å². The third-order valence-electron chi connectivity index (χ3n) is 0.983. The Bertz CT molecular complexity index is 237. The quantitative estimate of drug-likeness (QED) is 0.715. The highest BCUT2D eigenvalue weighted by Gasteiger charge is 1.96. The Morgan fingerprint density at radius 1 is 1.20 bits per heavy atom. The number of halogens is 2. The summed E-state index contributed by atoms with van der Waals surface area (Å²) in [5, 5.41) is 20.0. The topological polar surface area (TPSA) is 43.3 Å². The van der Waals surface area contributed by atoms with Gasteiger partial charge in [-0.15, -0.1) is 0 Å². The van der Waals surface area contributed by atoms with Gasteiger partial charge in [-0.2, -0.15) is 0 Å². The standard InChI is InChI=1S/C6H4I2O2/c7-4-1-3(9)2-5(8)6(4)10/h1-2,9-10H/p-1. The summed E-state index contributed by atoms with van der Waals surface area (Å²) in [5.41, 5.74) is 0. The maximum absolute atomic E-state index is 11.0. The van der Waals surface area contributed by atoms with Crippen LogP contribution in [0.2, 0.25) is 0 Å². The molecule has 0 saturated carbocycles. The number of hydrogen-bond acceptors (Lipinski definition) is 2. The van der Waals surface area contributed by atoms with Gasteiger partial charge >= 0.3 is 0 Å². The van der Waals surface area contributed by atoms with Gasteiger partial charge in [0.15, 0.2) is 0 Å². The third kappa shape index (κ3) is 1.66. The smallest absolute Gasteiger partial charge is 0.117 e. The van der Waals surface area contributed by atoms with E-state index in [-0.39, 0.29) is 11.5 Å². The van der Waals surface area contributed by atoms with E-state index in [1.165, 1.54) is 12.1 Å². The first-order valence-electron chi connectivity index (χ1n) is 2.46. The van der Waals surface area contributed by atoms with E-state index >= 15 is 0 Å². The highest BCUT2D eigenvalue weighted by molar-refractivity contribution is 14.1. The van der Waals surface area contributed by atoms with Gasteiger partial charge in [-0.3, -0.25) is 0 Å². The molecule has 0 bridgehead atoms. The molecule has 1 aromatic carbocycles. The van der Waals surface area contributed by atoms with E-state index < -0.39 is 0 Å². The molecule has 0 amide bonds. The van der Waals surface area contributed by atoms with Gasteiger partial charge in [0.05, 0.1) is 0 Å². The van der Waals surface area contributed by atoms with Gasteiger partial charge in [0.25, 0.3) is 0 Å². The average Bonchev–Trinajstić information content (AvgIpc) is 1.82. The van der Waals surface area contributed by atoms with Crippen LogP contribution in [0.15, 0.2) is 12.1 Å². The fourth-order valence-corrected chi connectivity index (χ4v) is 2.28. The van der Waals surface area contributed by atoms with Gasteiger partial charge in [0.1, 0.15) is 5.75 Å². The predicted octanol–water partition coefficient (Wildman–Crippen LogP) is 1.67. The lowest BCUT2D eigenvalue weighted by Crippen LogP contribution is -1.95. The maximum atomic E-state index is 11.0. The van der Waals surface area contributed by atoms with Crippen LogP contribution in [0.25, 0.3) is 0 Å². The van der Waals surface area contributed by atoms with Crippen LogP contribution in [-0.2, 0) is 0 Å². The summed E-state index contributed by atoms with van der Waals surface area (Å²) in [6, 6.07) is 2.90. The molecule has 2 nitrogen and oxygen atoms in total. The molecular formula is C6H3I2O2-. The van der Waals surface area contributed by atoms with Crippen LogP contribution in [0.4, 0.5) is 0 Å². The van der Waals surface area contributed by atoms with Crippen LogP contribution in [0.5, 0.6) is 11.5 Å².